The van der Waals surface area contributed by atoms with Gasteiger partial charge in [0.25, 0.3) is 0 Å². The maximum Gasteiger partial charge on any atom is 0.516 e. The van der Waals surface area contributed by atoms with Crippen molar-refractivity contribution in [3.05, 3.63) is 33.3 Å². The van der Waals surface area contributed by atoms with Gasteiger partial charge in [-0.1, -0.05) is 11.6 Å². The van der Waals surface area contributed by atoms with Crippen LogP contribution in [0.1, 0.15) is 17.3 Å². The Bertz CT molecular complexity index is 419. The predicted octanol–water partition coefficient (Wildman–Crippen LogP) is 3.42. The van der Waals surface area contributed by atoms with Crippen LogP contribution in [-0.4, -0.2) is 18.7 Å². The molecule has 0 radical (unpaired) electrons. The van der Waals surface area contributed by atoms with Gasteiger partial charge >= 0.3 is 12.1 Å². The van der Waals surface area contributed by atoms with E-state index in [0.717, 1.165) is 0 Å². The van der Waals surface area contributed by atoms with Crippen molar-refractivity contribution in [2.45, 2.75) is 6.92 Å². The molecule has 86 valence electrons. The van der Waals surface area contributed by atoms with Gasteiger partial charge in [0, 0.05) is 9.50 Å². The standard InChI is InChI=1S/C10H8BrClO4/c1-2-15-10(14)16-9(13)7-5-6(12)3-4-8(7)11/h3-5H,2H2,1H3. The van der Waals surface area contributed by atoms with Gasteiger partial charge in [-0.2, -0.15) is 0 Å². The number of halogens is 2. The first-order chi connectivity index (χ1) is 7.54. The van der Waals surface area contributed by atoms with E-state index in [1.54, 1.807) is 19.1 Å². The van der Waals surface area contributed by atoms with Crippen molar-refractivity contribution in [3.63, 3.8) is 0 Å². The molecule has 0 aliphatic carbocycles. The summed E-state index contributed by atoms with van der Waals surface area (Å²) in [7, 11) is 0. The molecule has 0 aromatic heterocycles. The van der Waals surface area contributed by atoms with Crippen LogP contribution in [-0.2, 0) is 9.47 Å². The zero-order valence-corrected chi connectivity index (χ0v) is 10.7. The topological polar surface area (TPSA) is 52.6 Å². The van der Waals surface area contributed by atoms with Gasteiger partial charge in [0.2, 0.25) is 0 Å². The predicted molar refractivity (Wildman–Crippen MR) is 61.6 cm³/mol. The van der Waals surface area contributed by atoms with Gasteiger partial charge < -0.3 is 9.47 Å². The highest BCUT2D eigenvalue weighted by Crippen LogP contribution is 2.22. The summed E-state index contributed by atoms with van der Waals surface area (Å²) >= 11 is 8.86. The molecular formula is C10H8BrClO4. The first-order valence-corrected chi connectivity index (χ1v) is 5.55. The number of carbonyl (C=O) groups is 2. The molecule has 6 heteroatoms. The molecule has 0 saturated carbocycles. The van der Waals surface area contributed by atoms with Crippen LogP contribution in [0.25, 0.3) is 0 Å². The molecule has 0 amide bonds. The molecule has 1 aromatic carbocycles. The lowest BCUT2D eigenvalue weighted by Crippen LogP contribution is -2.14. The summed E-state index contributed by atoms with van der Waals surface area (Å²) in [5.41, 5.74) is 0.167. The third-order valence-corrected chi connectivity index (χ3v) is 2.51. The highest BCUT2D eigenvalue weighted by molar-refractivity contribution is 9.10. The second kappa shape index (κ2) is 5.86. The Labute approximate surface area is 106 Å². The molecule has 0 heterocycles. The molecule has 0 spiro atoms. The maximum atomic E-state index is 11.5. The molecule has 16 heavy (non-hydrogen) atoms. The van der Waals surface area contributed by atoms with Crippen molar-refractivity contribution in [1.29, 1.82) is 0 Å². The van der Waals surface area contributed by atoms with Crippen LogP contribution in [0, 0.1) is 0 Å². The molecule has 0 N–H and O–H groups in total. The van der Waals surface area contributed by atoms with Gasteiger partial charge in [-0.15, -0.1) is 0 Å². The smallest absolute Gasteiger partial charge is 0.434 e. The fourth-order valence-corrected chi connectivity index (χ4v) is 1.51. The summed E-state index contributed by atoms with van der Waals surface area (Å²) < 4.78 is 9.39. The number of rotatable bonds is 2. The van der Waals surface area contributed by atoms with Gasteiger partial charge in [-0.05, 0) is 41.1 Å². The number of hydrogen-bond acceptors (Lipinski definition) is 4. The number of hydrogen-bond donors (Lipinski definition) is 0. The summed E-state index contributed by atoms with van der Waals surface area (Å²) in [6.45, 7) is 1.75. The zero-order chi connectivity index (χ0) is 12.1. The monoisotopic (exact) mass is 306 g/mol. The van der Waals surface area contributed by atoms with E-state index in [-0.39, 0.29) is 12.2 Å². The molecule has 0 atom stereocenters. The molecule has 0 aliphatic heterocycles. The van der Waals surface area contributed by atoms with Crippen LogP contribution in [0.2, 0.25) is 5.02 Å². The van der Waals surface area contributed by atoms with E-state index in [1.165, 1.54) is 6.07 Å². The van der Waals surface area contributed by atoms with E-state index in [0.29, 0.717) is 9.50 Å². The SMILES string of the molecule is CCOC(=O)OC(=O)c1cc(Cl)ccc1Br. The van der Waals surface area contributed by atoms with Crippen LogP contribution in [0.5, 0.6) is 0 Å². The number of ether oxygens (including phenoxy) is 2. The van der Waals surface area contributed by atoms with E-state index < -0.39 is 12.1 Å². The van der Waals surface area contributed by atoms with Crippen LogP contribution in [0.4, 0.5) is 4.79 Å². The Morgan fingerprint density at radius 2 is 2.12 bits per heavy atom. The fourth-order valence-electron chi connectivity index (χ4n) is 0.932. The van der Waals surface area contributed by atoms with Crippen molar-refractivity contribution in [2.75, 3.05) is 6.61 Å². The van der Waals surface area contributed by atoms with Crippen LogP contribution in [0.15, 0.2) is 22.7 Å². The van der Waals surface area contributed by atoms with E-state index >= 15 is 0 Å². The second-order valence-electron chi connectivity index (χ2n) is 2.70. The highest BCUT2D eigenvalue weighted by atomic mass is 79.9. The fraction of sp³-hybridized carbons (Fsp3) is 0.200. The molecule has 4 nitrogen and oxygen atoms in total. The molecule has 0 fully saturated rings. The number of esters is 1. The quantitative estimate of drug-likeness (QED) is 0.620. The minimum absolute atomic E-state index is 0.142. The lowest BCUT2D eigenvalue weighted by Gasteiger charge is -2.04. The highest BCUT2D eigenvalue weighted by Gasteiger charge is 2.16. The average molecular weight is 308 g/mol. The summed E-state index contributed by atoms with van der Waals surface area (Å²) in [6, 6.07) is 4.59. The molecule has 0 aliphatic rings. The molecular weight excluding hydrogens is 299 g/mol. The zero-order valence-electron chi connectivity index (χ0n) is 8.33. The van der Waals surface area contributed by atoms with Gasteiger partial charge in [0.1, 0.15) is 0 Å². The minimum Gasteiger partial charge on any atom is -0.434 e. The van der Waals surface area contributed by atoms with Crippen LogP contribution < -0.4 is 0 Å². The van der Waals surface area contributed by atoms with Gasteiger partial charge in [-0.3, -0.25) is 0 Å². The lowest BCUT2D eigenvalue weighted by atomic mass is 10.2. The van der Waals surface area contributed by atoms with Crippen molar-refractivity contribution < 1.29 is 19.1 Å². The van der Waals surface area contributed by atoms with Crippen molar-refractivity contribution in [3.8, 4) is 0 Å². The van der Waals surface area contributed by atoms with Crippen LogP contribution >= 0.6 is 27.5 Å². The largest absolute Gasteiger partial charge is 0.516 e. The van der Waals surface area contributed by atoms with Crippen molar-refractivity contribution in [2.24, 2.45) is 0 Å². The Balaban J connectivity index is 2.80. The van der Waals surface area contributed by atoms with Gasteiger partial charge in [0.15, 0.2) is 0 Å². The third-order valence-electron chi connectivity index (χ3n) is 1.59. The lowest BCUT2D eigenvalue weighted by molar-refractivity contribution is 0.0401. The van der Waals surface area contributed by atoms with Gasteiger partial charge in [-0.25, -0.2) is 9.59 Å². The van der Waals surface area contributed by atoms with Crippen molar-refractivity contribution >= 4 is 39.7 Å². The number of carbonyl (C=O) groups excluding carboxylic acids is 2. The number of benzene rings is 1. The summed E-state index contributed by atoms with van der Waals surface area (Å²) in [5.74, 6) is -0.812. The second-order valence-corrected chi connectivity index (χ2v) is 3.99. The molecule has 0 saturated heterocycles. The maximum absolute atomic E-state index is 11.5. The Hall–Kier alpha value is -1.07. The average Bonchev–Trinajstić information content (AvgIpc) is 2.21. The molecule has 1 aromatic rings. The summed E-state index contributed by atoms with van der Waals surface area (Å²) in [6.07, 6.45) is -1.03. The molecule has 1 rings (SSSR count). The van der Waals surface area contributed by atoms with Gasteiger partial charge in [0.05, 0.1) is 12.2 Å². The van der Waals surface area contributed by atoms with E-state index in [2.05, 4.69) is 25.4 Å². The van der Waals surface area contributed by atoms with E-state index in [9.17, 15) is 9.59 Å². The minimum atomic E-state index is -1.03. The summed E-state index contributed by atoms with van der Waals surface area (Å²) in [5, 5.41) is 0.374. The van der Waals surface area contributed by atoms with E-state index in [1.807, 2.05) is 0 Å². The normalized spacial score (nSPS) is 9.69. The third kappa shape index (κ3) is 3.50. The Kier molecular flexibility index (Phi) is 4.76. The van der Waals surface area contributed by atoms with Crippen LogP contribution in [0.3, 0.4) is 0 Å². The first kappa shape index (κ1) is 13.0. The Morgan fingerprint density at radius 3 is 2.75 bits per heavy atom. The first-order valence-electron chi connectivity index (χ1n) is 4.38. The summed E-state index contributed by atoms with van der Waals surface area (Å²) in [4.78, 5) is 22.4. The van der Waals surface area contributed by atoms with Crippen molar-refractivity contribution in [1.82, 2.24) is 0 Å². The van der Waals surface area contributed by atoms with E-state index in [4.69, 9.17) is 11.6 Å². The Morgan fingerprint density at radius 1 is 1.44 bits per heavy atom. The molecule has 0 unspecified atom stereocenters. The molecule has 0 bridgehead atoms.